The minimum absolute atomic E-state index is 0.00220. The van der Waals surface area contributed by atoms with E-state index in [2.05, 4.69) is 26.0 Å². The minimum Gasteiger partial charge on any atom is -0.462 e. The number of unbranched alkanes of at least 4 members (excludes halogenated alkanes) is 33. The first-order chi connectivity index (χ1) is 28.3. The number of ether oxygens (including phenoxy) is 2. The molecule has 2 atom stereocenters. The number of rotatable bonds is 47. The number of phosphoric acid groups is 1. The number of carbonyl (C=O) groups is 2. The van der Waals surface area contributed by atoms with Gasteiger partial charge in [0.2, 0.25) is 0 Å². The number of hydrogen-bond acceptors (Lipinski definition) is 7. The van der Waals surface area contributed by atoms with E-state index < -0.39 is 26.5 Å². The molecule has 58 heavy (non-hydrogen) atoms. The van der Waals surface area contributed by atoms with Gasteiger partial charge in [-0.3, -0.25) is 18.6 Å². The quantitative estimate of drug-likeness (QED) is 0.0279. The lowest BCUT2D eigenvalue weighted by Crippen LogP contribution is -2.29. The molecule has 0 aliphatic carbocycles. The fourth-order valence-electron chi connectivity index (χ4n) is 7.39. The third-order valence-electron chi connectivity index (χ3n) is 11.1. The largest absolute Gasteiger partial charge is 0.472 e. The molecule has 0 bridgehead atoms. The number of allylic oxidation sites excluding steroid dienone is 2. The Morgan fingerprint density at radius 1 is 0.448 bits per heavy atom. The van der Waals surface area contributed by atoms with Crippen molar-refractivity contribution in [2.24, 2.45) is 0 Å². The van der Waals surface area contributed by atoms with Crippen LogP contribution in [0.5, 0.6) is 0 Å². The molecule has 0 aromatic carbocycles. The monoisotopic (exact) mass is 843 g/mol. The molecular weight excluding hydrogens is 748 g/mol. The van der Waals surface area contributed by atoms with Crippen molar-refractivity contribution >= 4 is 19.8 Å². The maximum Gasteiger partial charge on any atom is 0.472 e. The van der Waals surface area contributed by atoms with Gasteiger partial charge in [-0.15, -0.1) is 0 Å². The van der Waals surface area contributed by atoms with Gasteiger partial charge in [-0.1, -0.05) is 219 Å². The maximum absolute atomic E-state index is 12.6. The van der Waals surface area contributed by atoms with Crippen molar-refractivity contribution < 1.29 is 37.6 Å². The summed E-state index contributed by atoms with van der Waals surface area (Å²) in [5, 5.41) is 0. The first-order valence-electron chi connectivity index (χ1n) is 25.0. The van der Waals surface area contributed by atoms with Gasteiger partial charge in [0, 0.05) is 12.8 Å². The average molecular weight is 843 g/mol. The van der Waals surface area contributed by atoms with Crippen molar-refractivity contribution in [3.05, 3.63) is 12.2 Å². The lowest BCUT2D eigenvalue weighted by Gasteiger charge is -2.19. The van der Waals surface area contributed by atoms with E-state index in [0.29, 0.717) is 12.8 Å². The van der Waals surface area contributed by atoms with Gasteiger partial charge in [0.15, 0.2) is 6.10 Å². The van der Waals surface area contributed by atoms with E-state index in [4.69, 9.17) is 18.5 Å². The fraction of sp³-hybridized carbons (Fsp3) is 0.918. The molecule has 0 aliphatic heterocycles. The van der Waals surface area contributed by atoms with Crippen molar-refractivity contribution in [1.82, 2.24) is 0 Å². The van der Waals surface area contributed by atoms with Crippen LogP contribution in [0.25, 0.3) is 0 Å². The van der Waals surface area contributed by atoms with E-state index >= 15 is 0 Å². The van der Waals surface area contributed by atoms with Crippen molar-refractivity contribution in [2.75, 3.05) is 19.8 Å². The van der Waals surface area contributed by atoms with Crippen LogP contribution in [0.4, 0.5) is 0 Å². The Morgan fingerprint density at radius 3 is 1.14 bits per heavy atom. The summed E-state index contributed by atoms with van der Waals surface area (Å²) in [6.45, 7) is 5.51. The van der Waals surface area contributed by atoms with E-state index in [1.165, 1.54) is 173 Å². The second kappa shape index (κ2) is 45.3. The summed E-state index contributed by atoms with van der Waals surface area (Å²) < 4.78 is 32.7. The van der Waals surface area contributed by atoms with Gasteiger partial charge in [0.1, 0.15) is 6.61 Å². The standard InChI is InChI=1S/C49H95O8P/c1-4-7-9-11-13-15-17-19-21-22-23-24-25-26-27-28-29-30-32-33-35-37-39-41-43-48(50)54-45-47(46-56-58(52,53)55-6-3)57-49(51)44-42-40-38-36-34-31-20-18-16-14-12-10-8-5-2/h18,20,47H,4-17,19,21-46H2,1-3H3,(H,52,53)/b20-18-. The Bertz CT molecular complexity index is 957. The summed E-state index contributed by atoms with van der Waals surface area (Å²) in [5.74, 6) is -0.792. The smallest absolute Gasteiger partial charge is 0.462 e. The van der Waals surface area contributed by atoms with Crippen LogP contribution >= 0.6 is 7.82 Å². The van der Waals surface area contributed by atoms with Crippen LogP contribution in [-0.2, 0) is 32.7 Å². The topological polar surface area (TPSA) is 108 Å². The SMILES string of the molecule is CCCCCCC/C=C\CCCCCCCC(=O)OC(COC(=O)CCCCCCCCCCCCCCCCCCCCCCCCCC)COP(=O)(O)OCC. The van der Waals surface area contributed by atoms with Gasteiger partial charge in [0.25, 0.3) is 0 Å². The van der Waals surface area contributed by atoms with E-state index in [1.54, 1.807) is 6.92 Å². The zero-order valence-electron chi connectivity index (χ0n) is 38.5. The Kier molecular flexibility index (Phi) is 44.4. The molecule has 0 amide bonds. The van der Waals surface area contributed by atoms with Crippen molar-refractivity contribution in [1.29, 1.82) is 0 Å². The second-order valence-corrected chi connectivity index (χ2v) is 18.3. The molecule has 344 valence electrons. The molecule has 0 aromatic heterocycles. The van der Waals surface area contributed by atoms with Gasteiger partial charge in [0.05, 0.1) is 13.2 Å². The molecule has 0 fully saturated rings. The molecule has 0 aliphatic rings. The van der Waals surface area contributed by atoms with Gasteiger partial charge < -0.3 is 14.4 Å². The second-order valence-electron chi connectivity index (χ2n) is 16.8. The molecule has 1 N–H and O–H groups in total. The molecule has 0 saturated heterocycles. The van der Waals surface area contributed by atoms with Gasteiger partial charge in [-0.05, 0) is 45.4 Å². The highest BCUT2D eigenvalue weighted by Crippen LogP contribution is 2.43. The third-order valence-corrected chi connectivity index (χ3v) is 12.1. The fourth-order valence-corrected chi connectivity index (χ4v) is 8.15. The number of hydrogen-bond donors (Lipinski definition) is 1. The molecule has 0 spiro atoms. The molecule has 2 unspecified atom stereocenters. The van der Waals surface area contributed by atoms with Crippen LogP contribution < -0.4 is 0 Å². The summed E-state index contributed by atoms with van der Waals surface area (Å²) in [5.41, 5.74) is 0. The Morgan fingerprint density at radius 2 is 0.776 bits per heavy atom. The van der Waals surface area contributed by atoms with E-state index in [0.717, 1.165) is 51.4 Å². The van der Waals surface area contributed by atoms with Crippen LogP contribution in [0.1, 0.15) is 265 Å². The molecular formula is C49H95O8P. The summed E-state index contributed by atoms with van der Waals surface area (Å²) in [6, 6.07) is 0. The van der Waals surface area contributed by atoms with E-state index in [1.807, 2.05) is 0 Å². The van der Waals surface area contributed by atoms with E-state index in [-0.39, 0.29) is 25.6 Å². The third kappa shape index (κ3) is 44.3. The van der Waals surface area contributed by atoms with Crippen LogP contribution in [0.15, 0.2) is 12.2 Å². The number of phosphoric ester groups is 1. The van der Waals surface area contributed by atoms with Crippen LogP contribution in [0, 0.1) is 0 Å². The Balaban J connectivity index is 3.90. The molecule has 0 aromatic rings. The lowest BCUT2D eigenvalue weighted by molar-refractivity contribution is -0.161. The first-order valence-corrected chi connectivity index (χ1v) is 26.5. The van der Waals surface area contributed by atoms with Crippen LogP contribution in [0.2, 0.25) is 0 Å². The minimum atomic E-state index is -4.28. The van der Waals surface area contributed by atoms with Crippen molar-refractivity contribution in [3.63, 3.8) is 0 Å². The highest BCUT2D eigenvalue weighted by molar-refractivity contribution is 7.47. The molecule has 0 rings (SSSR count). The lowest BCUT2D eigenvalue weighted by atomic mass is 10.0. The molecule has 0 saturated carbocycles. The van der Waals surface area contributed by atoms with E-state index in [9.17, 15) is 19.0 Å². The highest BCUT2D eigenvalue weighted by atomic mass is 31.2. The normalized spacial score (nSPS) is 13.2. The van der Waals surface area contributed by atoms with Crippen molar-refractivity contribution in [3.8, 4) is 0 Å². The molecule has 8 nitrogen and oxygen atoms in total. The molecule has 0 heterocycles. The average Bonchev–Trinajstić information content (AvgIpc) is 3.20. The summed E-state index contributed by atoms with van der Waals surface area (Å²) in [6.07, 6.45) is 50.0. The summed E-state index contributed by atoms with van der Waals surface area (Å²) >= 11 is 0. The number of carbonyl (C=O) groups excluding carboxylic acids is 2. The Hall–Kier alpha value is -1.21. The van der Waals surface area contributed by atoms with Crippen LogP contribution in [-0.4, -0.2) is 42.8 Å². The van der Waals surface area contributed by atoms with Gasteiger partial charge in [-0.25, -0.2) is 4.57 Å². The highest BCUT2D eigenvalue weighted by Gasteiger charge is 2.25. The number of esters is 2. The maximum atomic E-state index is 12.6. The predicted octanol–water partition coefficient (Wildman–Crippen LogP) is 16.0. The van der Waals surface area contributed by atoms with Gasteiger partial charge in [-0.2, -0.15) is 0 Å². The molecule has 0 radical (unpaired) electrons. The summed E-state index contributed by atoms with van der Waals surface area (Å²) in [7, 11) is -4.28. The predicted molar refractivity (Wildman–Crippen MR) is 244 cm³/mol. The Labute approximate surface area is 359 Å². The zero-order chi connectivity index (χ0) is 42.5. The molecule has 9 heteroatoms. The van der Waals surface area contributed by atoms with Crippen molar-refractivity contribution in [2.45, 2.75) is 271 Å². The first kappa shape index (κ1) is 56.8. The van der Waals surface area contributed by atoms with Gasteiger partial charge >= 0.3 is 19.8 Å². The zero-order valence-corrected chi connectivity index (χ0v) is 39.4. The summed E-state index contributed by atoms with van der Waals surface area (Å²) in [4.78, 5) is 34.8. The van der Waals surface area contributed by atoms with Crippen LogP contribution in [0.3, 0.4) is 0 Å².